The molecule has 1 heterocycles. The Morgan fingerprint density at radius 1 is 0.789 bits per heavy atom. The van der Waals surface area contributed by atoms with E-state index in [9.17, 15) is 0 Å². The molecular weight excluding hydrogens is 343 g/mol. The molecule has 0 nitrogen and oxygen atoms in total. The van der Waals surface area contributed by atoms with Crippen molar-refractivity contribution in [3.63, 3.8) is 0 Å². The summed E-state index contributed by atoms with van der Waals surface area (Å²) in [5, 5.41) is 0. The Bertz CT molecular complexity index is 582. The van der Waals surface area contributed by atoms with Crippen LogP contribution in [0.25, 0.3) is 5.57 Å². The van der Waals surface area contributed by atoms with E-state index in [1.807, 2.05) is 0 Å². The third kappa shape index (κ3) is 3.35. The van der Waals surface area contributed by atoms with Crippen LogP contribution in [0, 0.1) is 0 Å². The number of halogens is 1. The van der Waals surface area contributed by atoms with E-state index in [1.165, 1.54) is 27.5 Å². The number of hydrogen-bond donors (Lipinski definition) is 0. The van der Waals surface area contributed by atoms with Gasteiger partial charge in [-0.05, 0) is 0 Å². The Kier molecular flexibility index (Phi) is 4.13. The molecule has 0 aromatic heterocycles. The van der Waals surface area contributed by atoms with Crippen molar-refractivity contribution in [3.05, 3.63) is 86.0 Å². The molecule has 19 heavy (non-hydrogen) atoms. The van der Waals surface area contributed by atoms with Gasteiger partial charge in [-0.1, -0.05) is 0 Å². The van der Waals surface area contributed by atoms with E-state index < -0.39 is 19.8 Å². The maximum absolute atomic E-state index is 2.54. The Hall–Kier alpha value is -1.35. The van der Waals surface area contributed by atoms with Crippen molar-refractivity contribution in [2.45, 2.75) is 6.42 Å². The normalized spacial score (nSPS) is 15.6. The number of benzene rings is 2. The van der Waals surface area contributed by atoms with E-state index in [1.54, 1.807) is 0 Å². The minimum absolute atomic E-state index is 1.00. The van der Waals surface area contributed by atoms with Gasteiger partial charge in [-0.25, -0.2) is 0 Å². The summed E-state index contributed by atoms with van der Waals surface area (Å²) in [6.45, 7) is 0. The standard InChI is InChI=1S/C18H17I/c1-3-7-16(8-4-1)11-13-19-14-12-18(15-19)17-9-5-2-6-10-17/h1-10,12,14-15H,11,13H2. The zero-order valence-electron chi connectivity index (χ0n) is 10.8. The van der Waals surface area contributed by atoms with Gasteiger partial charge in [0.2, 0.25) is 0 Å². The van der Waals surface area contributed by atoms with Crippen molar-refractivity contribution < 1.29 is 0 Å². The first-order valence-electron chi connectivity index (χ1n) is 6.54. The van der Waals surface area contributed by atoms with Gasteiger partial charge >= 0.3 is 122 Å². The van der Waals surface area contributed by atoms with E-state index >= 15 is 0 Å². The summed E-state index contributed by atoms with van der Waals surface area (Å²) in [5.74, 6) is 0. The summed E-state index contributed by atoms with van der Waals surface area (Å²) in [6, 6.07) is 21.5. The van der Waals surface area contributed by atoms with Crippen LogP contribution < -0.4 is 0 Å². The summed E-state index contributed by atoms with van der Waals surface area (Å²) < 4.78 is 6.37. The van der Waals surface area contributed by atoms with Crippen LogP contribution in [0.1, 0.15) is 11.1 Å². The number of allylic oxidation sites excluding steroid dienone is 2. The molecule has 0 radical (unpaired) electrons. The Labute approximate surface area is 122 Å². The van der Waals surface area contributed by atoms with E-state index in [-0.39, 0.29) is 0 Å². The molecule has 0 spiro atoms. The molecule has 0 atom stereocenters. The zero-order valence-corrected chi connectivity index (χ0v) is 13.0. The third-order valence-corrected chi connectivity index (χ3v) is 7.75. The third-order valence-electron chi connectivity index (χ3n) is 3.21. The fourth-order valence-corrected chi connectivity index (χ4v) is 6.55. The van der Waals surface area contributed by atoms with Gasteiger partial charge in [-0.2, -0.15) is 0 Å². The summed E-state index contributed by atoms with van der Waals surface area (Å²) in [4.78, 5) is 0. The SMILES string of the molecule is C1=CI(CCc2ccccc2)C=C1c1ccccc1. The van der Waals surface area contributed by atoms with Crippen LogP contribution in [-0.4, -0.2) is 4.43 Å². The van der Waals surface area contributed by atoms with Gasteiger partial charge in [0.05, 0.1) is 0 Å². The van der Waals surface area contributed by atoms with Gasteiger partial charge in [0, 0.05) is 0 Å². The van der Waals surface area contributed by atoms with Gasteiger partial charge in [0.15, 0.2) is 0 Å². The molecule has 0 saturated carbocycles. The van der Waals surface area contributed by atoms with Crippen molar-refractivity contribution >= 4 is 25.4 Å². The van der Waals surface area contributed by atoms with Crippen molar-refractivity contribution in [1.29, 1.82) is 0 Å². The summed E-state index contributed by atoms with van der Waals surface area (Å²) >= 11 is -1.00. The molecule has 0 unspecified atom stereocenters. The predicted octanol–water partition coefficient (Wildman–Crippen LogP) is 5.30. The van der Waals surface area contributed by atoms with Crippen LogP contribution >= 0.6 is 19.8 Å². The van der Waals surface area contributed by atoms with Crippen molar-refractivity contribution in [1.82, 2.24) is 0 Å². The number of hydrogen-bond acceptors (Lipinski definition) is 0. The fourth-order valence-electron chi connectivity index (χ4n) is 2.14. The fraction of sp³-hybridized carbons (Fsp3) is 0.111. The molecule has 3 rings (SSSR count). The predicted molar refractivity (Wildman–Crippen MR) is 92.6 cm³/mol. The van der Waals surface area contributed by atoms with E-state index in [0.717, 1.165) is 0 Å². The van der Waals surface area contributed by atoms with E-state index in [4.69, 9.17) is 0 Å². The monoisotopic (exact) mass is 360 g/mol. The minimum atomic E-state index is -1.00. The molecule has 0 amide bonds. The van der Waals surface area contributed by atoms with Crippen LogP contribution in [-0.2, 0) is 6.42 Å². The van der Waals surface area contributed by atoms with E-state index in [2.05, 4.69) is 74.9 Å². The molecule has 1 aliphatic heterocycles. The number of alkyl halides is 1. The van der Waals surface area contributed by atoms with Crippen LogP contribution in [0.2, 0.25) is 0 Å². The quantitative estimate of drug-likeness (QED) is 0.513. The van der Waals surface area contributed by atoms with Crippen LogP contribution in [0.4, 0.5) is 0 Å². The van der Waals surface area contributed by atoms with Crippen LogP contribution in [0.15, 0.2) is 74.9 Å². The van der Waals surface area contributed by atoms with Gasteiger partial charge in [-0.15, -0.1) is 0 Å². The molecule has 2 aromatic rings. The molecule has 0 fully saturated rings. The Morgan fingerprint density at radius 3 is 2.21 bits per heavy atom. The molecule has 0 aliphatic carbocycles. The first kappa shape index (κ1) is 12.7. The first-order chi connectivity index (χ1) is 9.42. The van der Waals surface area contributed by atoms with Gasteiger partial charge in [0.25, 0.3) is 0 Å². The first-order valence-corrected chi connectivity index (χ1v) is 10.6. The van der Waals surface area contributed by atoms with Crippen molar-refractivity contribution in [2.75, 3.05) is 4.43 Å². The van der Waals surface area contributed by atoms with Crippen LogP contribution in [0.5, 0.6) is 0 Å². The maximum atomic E-state index is 2.54. The molecular formula is C18H17I. The molecule has 96 valence electrons. The summed E-state index contributed by atoms with van der Waals surface area (Å²) in [5.41, 5.74) is 4.26. The second-order valence-electron chi connectivity index (χ2n) is 4.58. The average molecular weight is 360 g/mol. The number of aryl methyl sites for hydroxylation is 1. The van der Waals surface area contributed by atoms with Gasteiger partial charge in [0.1, 0.15) is 0 Å². The van der Waals surface area contributed by atoms with Gasteiger partial charge in [-0.3, -0.25) is 0 Å². The van der Waals surface area contributed by atoms with Crippen molar-refractivity contribution in [3.8, 4) is 0 Å². The molecule has 1 aliphatic rings. The zero-order chi connectivity index (χ0) is 12.9. The summed E-state index contributed by atoms with van der Waals surface area (Å²) in [6.07, 6.45) is 3.54. The number of rotatable bonds is 4. The van der Waals surface area contributed by atoms with E-state index in [0.29, 0.717) is 0 Å². The Morgan fingerprint density at radius 2 is 1.47 bits per heavy atom. The topological polar surface area (TPSA) is 0 Å². The Balaban J connectivity index is 1.63. The molecule has 0 N–H and O–H groups in total. The molecule has 1 heteroatoms. The van der Waals surface area contributed by atoms with Gasteiger partial charge < -0.3 is 0 Å². The second kappa shape index (κ2) is 6.20. The molecule has 0 bridgehead atoms. The summed E-state index contributed by atoms with van der Waals surface area (Å²) in [7, 11) is 0. The van der Waals surface area contributed by atoms with Crippen LogP contribution in [0.3, 0.4) is 0 Å². The molecule has 2 aromatic carbocycles. The van der Waals surface area contributed by atoms with Crippen molar-refractivity contribution in [2.24, 2.45) is 0 Å². The molecule has 0 saturated heterocycles. The average Bonchev–Trinajstić information content (AvgIpc) is 2.96. The second-order valence-corrected chi connectivity index (χ2v) is 9.48.